The van der Waals surface area contributed by atoms with Gasteiger partial charge < -0.3 is 9.64 Å². The number of hydrogen-bond acceptors (Lipinski definition) is 4. The molecule has 3 rings (SSSR count). The van der Waals surface area contributed by atoms with E-state index in [-0.39, 0.29) is 5.78 Å². The first-order valence-electron chi connectivity index (χ1n) is 6.53. The predicted molar refractivity (Wildman–Crippen MR) is 73.8 cm³/mol. The summed E-state index contributed by atoms with van der Waals surface area (Å²) in [6.45, 7) is 5.05. The molecule has 0 spiro atoms. The topological polar surface area (TPSA) is 32.8 Å². The Morgan fingerprint density at radius 3 is 2.79 bits per heavy atom. The first-order chi connectivity index (χ1) is 9.15. The average Bonchev–Trinajstić information content (AvgIpc) is 2.70. The normalized spacial score (nSPS) is 24.3. The van der Waals surface area contributed by atoms with Crippen LogP contribution in [0.2, 0.25) is 0 Å². The van der Waals surface area contributed by atoms with E-state index in [4.69, 9.17) is 16.3 Å². The number of piperazine rings is 1. The second-order valence-corrected chi connectivity index (χ2v) is 5.57. The van der Waals surface area contributed by atoms with Crippen molar-refractivity contribution < 1.29 is 9.53 Å². The Labute approximate surface area is 117 Å². The second-order valence-electron chi connectivity index (χ2n) is 5.17. The number of carbonyl (C=O) groups is 1. The maximum absolute atomic E-state index is 11.8. The van der Waals surface area contributed by atoms with Crippen LogP contribution in [0.25, 0.3) is 0 Å². The average molecular weight is 281 g/mol. The smallest absolute Gasteiger partial charge is 0.235 e. The maximum atomic E-state index is 11.8. The van der Waals surface area contributed by atoms with Gasteiger partial charge in [-0.1, -0.05) is 23.7 Å². The van der Waals surface area contributed by atoms with Gasteiger partial charge in [-0.2, -0.15) is 0 Å². The fourth-order valence-corrected chi connectivity index (χ4v) is 2.78. The van der Waals surface area contributed by atoms with Crippen molar-refractivity contribution in [3.8, 4) is 5.75 Å². The quantitative estimate of drug-likeness (QED) is 0.770. The summed E-state index contributed by atoms with van der Waals surface area (Å²) >= 11 is 5.87. The van der Waals surface area contributed by atoms with Crippen LogP contribution in [-0.2, 0) is 6.54 Å². The van der Waals surface area contributed by atoms with Crippen molar-refractivity contribution in [2.45, 2.75) is 12.1 Å². The molecule has 1 saturated heterocycles. The highest BCUT2D eigenvalue weighted by Gasteiger charge is 2.32. The molecule has 0 bridgehead atoms. The number of rotatable bonds is 2. The third-order valence-corrected chi connectivity index (χ3v) is 4.07. The van der Waals surface area contributed by atoms with Crippen molar-refractivity contribution in [2.24, 2.45) is 0 Å². The highest BCUT2D eigenvalue weighted by Crippen LogP contribution is 2.34. The van der Waals surface area contributed by atoms with Gasteiger partial charge in [-0.15, -0.1) is 0 Å². The zero-order chi connectivity index (χ0) is 13.4. The van der Waals surface area contributed by atoms with Crippen molar-refractivity contribution in [3.63, 3.8) is 0 Å². The number of hydrogen-bond donors (Lipinski definition) is 0. The summed E-state index contributed by atoms with van der Waals surface area (Å²) < 4.78 is 5.49. The van der Waals surface area contributed by atoms with Gasteiger partial charge in [-0.25, -0.2) is 0 Å². The first-order valence-corrected chi connectivity index (χ1v) is 6.96. The van der Waals surface area contributed by atoms with E-state index in [1.54, 1.807) is 6.07 Å². The first kappa shape index (κ1) is 12.9. The summed E-state index contributed by atoms with van der Waals surface area (Å²) in [5.74, 6) is 0.545. The molecular formula is C14H17ClN2O2. The fourth-order valence-electron chi connectivity index (χ4n) is 2.57. The molecular weight excluding hydrogens is 264 g/mol. The second kappa shape index (κ2) is 5.12. The number of ether oxygens (including phenoxy) is 1. The minimum Gasteiger partial charge on any atom is -0.466 e. The van der Waals surface area contributed by atoms with Gasteiger partial charge in [0, 0.05) is 38.3 Å². The van der Waals surface area contributed by atoms with E-state index in [0.29, 0.717) is 11.3 Å². The summed E-state index contributed by atoms with van der Waals surface area (Å²) in [6.07, 6.45) is 0. The van der Waals surface area contributed by atoms with E-state index in [2.05, 4.69) is 16.8 Å². The Bertz CT molecular complexity index is 498. The van der Waals surface area contributed by atoms with Crippen LogP contribution < -0.4 is 4.74 Å². The monoisotopic (exact) mass is 280 g/mol. The van der Waals surface area contributed by atoms with E-state index < -0.39 is 5.56 Å². The Hall–Kier alpha value is -1.10. The van der Waals surface area contributed by atoms with Gasteiger partial charge >= 0.3 is 0 Å². The van der Waals surface area contributed by atoms with Crippen molar-refractivity contribution in [2.75, 3.05) is 33.2 Å². The number of nitrogens with zero attached hydrogens (tertiary/aromatic N) is 2. The molecule has 0 amide bonds. The number of para-hydroxylation sites is 1. The minimum absolute atomic E-state index is 0.128. The lowest BCUT2D eigenvalue weighted by Gasteiger charge is -2.32. The molecule has 0 radical (unpaired) electrons. The molecule has 1 unspecified atom stereocenters. The predicted octanol–water partition coefficient (Wildman–Crippen LogP) is 1.57. The molecule has 1 aromatic carbocycles. The summed E-state index contributed by atoms with van der Waals surface area (Å²) in [4.78, 5) is 16.5. The van der Waals surface area contributed by atoms with Crippen LogP contribution in [0.15, 0.2) is 18.2 Å². The number of likely N-dealkylation sites (N-methyl/N-ethyl adjacent to an activating group) is 1. The number of fused-ring (bicyclic) bond motifs is 1. The van der Waals surface area contributed by atoms with Crippen LogP contribution in [-0.4, -0.2) is 54.4 Å². The molecule has 0 N–H and O–H groups in total. The Morgan fingerprint density at radius 1 is 1.32 bits per heavy atom. The lowest BCUT2D eigenvalue weighted by atomic mass is 10.1. The minimum atomic E-state index is -0.858. The number of carbonyl (C=O) groups excluding carboxylic acids is 1. The van der Waals surface area contributed by atoms with Gasteiger partial charge in [0.15, 0.2) is 0 Å². The standard InChI is InChI=1S/C14H17ClN2O2/c1-16-5-7-17(8-6-16)9-10-3-2-4-11-12(18)14(15)19-13(10)11/h2-4,14H,5-9H2,1H3. The van der Waals surface area contributed by atoms with E-state index in [1.807, 2.05) is 12.1 Å². The highest BCUT2D eigenvalue weighted by molar-refractivity contribution is 6.34. The fraction of sp³-hybridized carbons (Fsp3) is 0.500. The van der Waals surface area contributed by atoms with Crippen LogP contribution >= 0.6 is 11.6 Å². The maximum Gasteiger partial charge on any atom is 0.235 e. The van der Waals surface area contributed by atoms with Crippen molar-refractivity contribution >= 4 is 17.4 Å². The third kappa shape index (κ3) is 2.48. The van der Waals surface area contributed by atoms with Crippen LogP contribution in [0.3, 0.4) is 0 Å². The summed E-state index contributed by atoms with van der Waals surface area (Å²) in [5.41, 5.74) is 0.814. The lowest BCUT2D eigenvalue weighted by molar-refractivity contribution is 0.0931. The molecule has 0 aliphatic carbocycles. The van der Waals surface area contributed by atoms with Crippen molar-refractivity contribution in [3.05, 3.63) is 29.3 Å². The zero-order valence-electron chi connectivity index (χ0n) is 10.9. The number of benzene rings is 1. The molecule has 1 aromatic rings. The van der Waals surface area contributed by atoms with E-state index in [1.165, 1.54) is 0 Å². The molecule has 1 atom stereocenters. The van der Waals surface area contributed by atoms with Gasteiger partial charge in [0.25, 0.3) is 0 Å². The van der Waals surface area contributed by atoms with E-state index >= 15 is 0 Å². The largest absolute Gasteiger partial charge is 0.466 e. The molecule has 2 aliphatic heterocycles. The number of alkyl halides is 1. The Kier molecular flexibility index (Phi) is 3.48. The van der Waals surface area contributed by atoms with Crippen LogP contribution in [0.5, 0.6) is 5.75 Å². The summed E-state index contributed by atoms with van der Waals surface area (Å²) in [5, 5.41) is 0. The van der Waals surface area contributed by atoms with Crippen LogP contribution in [0.4, 0.5) is 0 Å². The summed E-state index contributed by atoms with van der Waals surface area (Å²) in [7, 11) is 2.14. The molecule has 2 heterocycles. The van der Waals surface area contributed by atoms with Gasteiger partial charge in [-0.3, -0.25) is 9.69 Å². The number of Topliss-reactive ketones (excluding diaryl/α,β-unsaturated/α-hetero) is 1. The molecule has 1 fully saturated rings. The SMILES string of the molecule is CN1CCN(Cc2cccc3c2OC(Cl)C3=O)CC1. The zero-order valence-corrected chi connectivity index (χ0v) is 11.7. The molecule has 102 valence electrons. The number of ketones is 1. The number of halogens is 1. The van der Waals surface area contributed by atoms with Crippen molar-refractivity contribution in [1.29, 1.82) is 0 Å². The van der Waals surface area contributed by atoms with Gasteiger partial charge in [0.2, 0.25) is 11.3 Å². The Morgan fingerprint density at radius 2 is 2.05 bits per heavy atom. The molecule has 4 nitrogen and oxygen atoms in total. The molecule has 0 aromatic heterocycles. The van der Waals surface area contributed by atoms with Crippen LogP contribution in [0.1, 0.15) is 15.9 Å². The van der Waals surface area contributed by atoms with Crippen LogP contribution in [0, 0.1) is 0 Å². The Balaban J connectivity index is 1.78. The lowest BCUT2D eigenvalue weighted by Crippen LogP contribution is -2.43. The molecule has 2 aliphatic rings. The van der Waals surface area contributed by atoms with E-state index in [9.17, 15) is 4.79 Å². The highest BCUT2D eigenvalue weighted by atomic mass is 35.5. The molecule has 5 heteroatoms. The molecule has 0 saturated carbocycles. The van der Waals surface area contributed by atoms with E-state index in [0.717, 1.165) is 38.3 Å². The van der Waals surface area contributed by atoms with Gasteiger partial charge in [0.05, 0.1) is 5.56 Å². The van der Waals surface area contributed by atoms with Gasteiger partial charge in [0.1, 0.15) is 5.75 Å². The van der Waals surface area contributed by atoms with Crippen molar-refractivity contribution in [1.82, 2.24) is 9.80 Å². The van der Waals surface area contributed by atoms with Gasteiger partial charge in [-0.05, 0) is 13.1 Å². The third-order valence-electron chi connectivity index (χ3n) is 3.78. The summed E-state index contributed by atoms with van der Waals surface area (Å²) in [6, 6.07) is 5.70. The molecule has 19 heavy (non-hydrogen) atoms.